The predicted octanol–water partition coefficient (Wildman–Crippen LogP) is 2.43. The number of hydrogen-bond donors (Lipinski definition) is 2. The minimum atomic E-state index is 0.173. The number of amides is 1. The van der Waals surface area contributed by atoms with Gasteiger partial charge in [0.15, 0.2) is 0 Å². The van der Waals surface area contributed by atoms with Crippen molar-refractivity contribution < 1.29 is 4.79 Å². The Morgan fingerprint density at radius 3 is 2.60 bits per heavy atom. The summed E-state index contributed by atoms with van der Waals surface area (Å²) in [6.07, 6.45) is 5.82. The fraction of sp³-hybridized carbons (Fsp3) is 0.588. The van der Waals surface area contributed by atoms with Gasteiger partial charge in [-0.1, -0.05) is 43.2 Å². The summed E-state index contributed by atoms with van der Waals surface area (Å²) in [5.74, 6) is 0.820. The Balaban J connectivity index is 1.51. The van der Waals surface area contributed by atoms with Crippen LogP contribution in [0, 0.1) is 11.3 Å². The van der Waals surface area contributed by atoms with Crippen LogP contribution >= 0.6 is 0 Å². The van der Waals surface area contributed by atoms with Gasteiger partial charge in [0, 0.05) is 12.5 Å². The lowest BCUT2D eigenvalue weighted by Crippen LogP contribution is -2.41. The molecule has 2 aliphatic rings. The molecule has 1 aromatic rings. The fourth-order valence-corrected chi connectivity index (χ4v) is 3.54. The van der Waals surface area contributed by atoms with Crippen LogP contribution in [0.5, 0.6) is 0 Å². The van der Waals surface area contributed by atoms with Crippen molar-refractivity contribution in [2.75, 3.05) is 13.1 Å². The van der Waals surface area contributed by atoms with Crippen LogP contribution in [-0.2, 0) is 4.79 Å². The number of carbonyl (C=O) groups excluding carboxylic acids is 1. The number of nitrogens with one attached hydrogen (secondary N) is 1. The molecule has 2 unspecified atom stereocenters. The minimum absolute atomic E-state index is 0.173. The third-order valence-corrected chi connectivity index (χ3v) is 5.09. The highest BCUT2D eigenvalue weighted by Gasteiger charge is 2.44. The quantitative estimate of drug-likeness (QED) is 0.865. The number of rotatable bonds is 5. The van der Waals surface area contributed by atoms with E-state index in [1.807, 2.05) is 18.2 Å². The average Bonchev–Trinajstić information content (AvgIpc) is 3.17. The Morgan fingerprint density at radius 1 is 1.25 bits per heavy atom. The van der Waals surface area contributed by atoms with E-state index in [4.69, 9.17) is 5.73 Å². The summed E-state index contributed by atoms with van der Waals surface area (Å²) in [4.78, 5) is 12.3. The molecule has 3 rings (SSSR count). The Hall–Kier alpha value is -1.35. The molecule has 20 heavy (non-hydrogen) atoms. The Morgan fingerprint density at radius 2 is 1.95 bits per heavy atom. The molecule has 0 aliphatic heterocycles. The van der Waals surface area contributed by atoms with Gasteiger partial charge in [-0.3, -0.25) is 4.79 Å². The summed E-state index contributed by atoms with van der Waals surface area (Å²) >= 11 is 0. The van der Waals surface area contributed by atoms with Gasteiger partial charge in [0.25, 0.3) is 0 Å². The van der Waals surface area contributed by atoms with Crippen molar-refractivity contribution in [1.29, 1.82) is 0 Å². The maximum absolute atomic E-state index is 12.3. The molecule has 1 aromatic carbocycles. The van der Waals surface area contributed by atoms with Gasteiger partial charge in [-0.25, -0.2) is 0 Å². The van der Waals surface area contributed by atoms with Crippen molar-refractivity contribution in [3.05, 3.63) is 35.9 Å². The fourth-order valence-electron chi connectivity index (χ4n) is 3.54. The van der Waals surface area contributed by atoms with Crippen molar-refractivity contribution in [2.24, 2.45) is 17.1 Å². The minimum Gasteiger partial charge on any atom is -0.355 e. The third kappa shape index (κ3) is 2.73. The number of nitrogens with two attached hydrogens (primary N) is 1. The van der Waals surface area contributed by atoms with Crippen LogP contribution in [0.25, 0.3) is 0 Å². The summed E-state index contributed by atoms with van der Waals surface area (Å²) < 4.78 is 0. The van der Waals surface area contributed by atoms with E-state index in [1.54, 1.807) is 0 Å². The molecule has 0 bridgehead atoms. The van der Waals surface area contributed by atoms with Gasteiger partial charge in [0.05, 0.1) is 0 Å². The van der Waals surface area contributed by atoms with Gasteiger partial charge in [0.1, 0.15) is 0 Å². The topological polar surface area (TPSA) is 55.1 Å². The number of carbonyl (C=O) groups is 1. The summed E-state index contributed by atoms with van der Waals surface area (Å²) in [5.41, 5.74) is 7.38. The van der Waals surface area contributed by atoms with E-state index in [2.05, 4.69) is 17.4 Å². The average molecular weight is 272 g/mol. The third-order valence-electron chi connectivity index (χ3n) is 5.09. The number of hydrogen-bond acceptors (Lipinski definition) is 2. The first-order valence-corrected chi connectivity index (χ1v) is 7.77. The molecule has 3 nitrogen and oxygen atoms in total. The molecule has 0 radical (unpaired) electrons. The van der Waals surface area contributed by atoms with Crippen LogP contribution in [-0.4, -0.2) is 19.0 Å². The molecule has 0 spiro atoms. The van der Waals surface area contributed by atoms with E-state index in [0.29, 0.717) is 12.5 Å². The molecule has 108 valence electrons. The summed E-state index contributed by atoms with van der Waals surface area (Å²) in [6.45, 7) is 1.46. The SMILES string of the molecule is NCC1(CNC(=O)C2CC2c2ccccc2)CCCC1. The maximum Gasteiger partial charge on any atom is 0.223 e. The van der Waals surface area contributed by atoms with Crippen molar-refractivity contribution >= 4 is 5.91 Å². The predicted molar refractivity (Wildman–Crippen MR) is 80.3 cm³/mol. The molecule has 0 aromatic heterocycles. The Labute approximate surface area is 120 Å². The van der Waals surface area contributed by atoms with E-state index < -0.39 is 0 Å². The lowest BCUT2D eigenvalue weighted by molar-refractivity contribution is -0.122. The lowest BCUT2D eigenvalue weighted by Gasteiger charge is -2.27. The molecule has 3 N–H and O–H groups in total. The highest BCUT2D eigenvalue weighted by atomic mass is 16.2. The molecule has 2 fully saturated rings. The molecule has 2 saturated carbocycles. The van der Waals surface area contributed by atoms with Crippen molar-refractivity contribution in [3.63, 3.8) is 0 Å². The standard InChI is InChI=1S/C17H24N2O/c18-11-17(8-4-5-9-17)12-19-16(20)15-10-14(15)13-6-2-1-3-7-13/h1-3,6-7,14-15H,4-5,8-12,18H2,(H,19,20). The van der Waals surface area contributed by atoms with E-state index in [0.717, 1.165) is 25.8 Å². The van der Waals surface area contributed by atoms with E-state index in [-0.39, 0.29) is 17.2 Å². The zero-order valence-corrected chi connectivity index (χ0v) is 12.0. The van der Waals surface area contributed by atoms with Crippen LogP contribution < -0.4 is 11.1 Å². The van der Waals surface area contributed by atoms with Crippen molar-refractivity contribution in [3.8, 4) is 0 Å². The van der Waals surface area contributed by atoms with Crippen molar-refractivity contribution in [2.45, 2.75) is 38.0 Å². The smallest absolute Gasteiger partial charge is 0.223 e. The van der Waals surface area contributed by atoms with Crippen LogP contribution in [0.3, 0.4) is 0 Å². The van der Waals surface area contributed by atoms with E-state index in [9.17, 15) is 4.79 Å². The molecule has 2 aliphatic carbocycles. The zero-order chi connectivity index (χ0) is 14.0. The zero-order valence-electron chi connectivity index (χ0n) is 12.0. The van der Waals surface area contributed by atoms with Gasteiger partial charge < -0.3 is 11.1 Å². The Kier molecular flexibility index (Phi) is 3.79. The van der Waals surface area contributed by atoms with Crippen LogP contribution in [0.2, 0.25) is 0 Å². The summed E-state index contributed by atoms with van der Waals surface area (Å²) in [6, 6.07) is 10.4. The molecular weight excluding hydrogens is 248 g/mol. The largest absolute Gasteiger partial charge is 0.355 e. The highest BCUT2D eigenvalue weighted by molar-refractivity contribution is 5.82. The van der Waals surface area contributed by atoms with Gasteiger partial charge in [-0.05, 0) is 42.7 Å². The van der Waals surface area contributed by atoms with Crippen LogP contribution in [0.15, 0.2) is 30.3 Å². The van der Waals surface area contributed by atoms with Crippen LogP contribution in [0.4, 0.5) is 0 Å². The van der Waals surface area contributed by atoms with Crippen molar-refractivity contribution in [1.82, 2.24) is 5.32 Å². The molecule has 3 heteroatoms. The normalized spacial score (nSPS) is 27.2. The van der Waals surface area contributed by atoms with E-state index >= 15 is 0 Å². The molecule has 0 saturated heterocycles. The Bertz CT molecular complexity index is 465. The molecule has 1 amide bonds. The first-order chi connectivity index (χ1) is 9.74. The monoisotopic (exact) mass is 272 g/mol. The molecule has 0 heterocycles. The summed E-state index contributed by atoms with van der Waals surface area (Å²) in [7, 11) is 0. The maximum atomic E-state index is 12.3. The highest BCUT2D eigenvalue weighted by Crippen LogP contribution is 2.47. The first kappa shape index (κ1) is 13.6. The van der Waals surface area contributed by atoms with Gasteiger partial charge in [0.2, 0.25) is 5.91 Å². The van der Waals surface area contributed by atoms with Gasteiger partial charge >= 0.3 is 0 Å². The van der Waals surface area contributed by atoms with Crippen LogP contribution in [0.1, 0.15) is 43.6 Å². The summed E-state index contributed by atoms with van der Waals surface area (Å²) in [5, 5.41) is 3.16. The second-order valence-electron chi connectivity index (χ2n) is 6.49. The second kappa shape index (κ2) is 5.57. The molecular formula is C17H24N2O. The second-order valence-corrected chi connectivity index (χ2v) is 6.49. The first-order valence-electron chi connectivity index (χ1n) is 7.77. The lowest BCUT2D eigenvalue weighted by atomic mass is 9.86. The molecule has 2 atom stereocenters. The number of benzene rings is 1. The van der Waals surface area contributed by atoms with Gasteiger partial charge in [-0.2, -0.15) is 0 Å². The van der Waals surface area contributed by atoms with Gasteiger partial charge in [-0.15, -0.1) is 0 Å². The van der Waals surface area contributed by atoms with E-state index in [1.165, 1.54) is 18.4 Å².